The molecule has 4 aromatic rings. The molecule has 0 saturated heterocycles. The molecule has 1 N–H and O–H groups in total. The van der Waals surface area contributed by atoms with Gasteiger partial charge in [-0.2, -0.15) is 17.9 Å². The maximum absolute atomic E-state index is 11.8. The first-order chi connectivity index (χ1) is 15.0. The van der Waals surface area contributed by atoms with Crippen LogP contribution in [0.15, 0.2) is 76.5 Å². The molecule has 0 saturated carbocycles. The summed E-state index contributed by atoms with van der Waals surface area (Å²) in [5, 5.41) is 14.4. The Bertz CT molecular complexity index is 1150. The highest BCUT2D eigenvalue weighted by molar-refractivity contribution is 6.30. The van der Waals surface area contributed by atoms with E-state index in [0.29, 0.717) is 16.1 Å². The van der Waals surface area contributed by atoms with Gasteiger partial charge < -0.3 is 14.1 Å². The summed E-state index contributed by atoms with van der Waals surface area (Å²) in [6.07, 6.45) is 1.39. The SMILES string of the molecule is CC(F)(F)F.Cn1ccnc1.O=c1oc(-c2ccccc2)nn1Cc1cc(Cl)ccc1O. The van der Waals surface area contributed by atoms with Crippen molar-refractivity contribution in [1.29, 1.82) is 0 Å². The number of imidazole rings is 1. The summed E-state index contributed by atoms with van der Waals surface area (Å²) < 4.78 is 39.2. The van der Waals surface area contributed by atoms with Crippen LogP contribution in [0.5, 0.6) is 5.75 Å². The van der Waals surface area contributed by atoms with E-state index in [1.165, 1.54) is 6.07 Å². The Labute approximate surface area is 186 Å². The monoisotopic (exact) mass is 468 g/mol. The molecule has 2 heterocycles. The normalized spacial score (nSPS) is 10.6. The van der Waals surface area contributed by atoms with Crippen molar-refractivity contribution in [2.45, 2.75) is 19.6 Å². The summed E-state index contributed by atoms with van der Waals surface area (Å²) >= 11 is 5.88. The fourth-order valence-corrected chi connectivity index (χ4v) is 2.47. The molecule has 0 aliphatic heterocycles. The van der Waals surface area contributed by atoms with Gasteiger partial charge in [-0.25, -0.2) is 9.78 Å². The largest absolute Gasteiger partial charge is 0.508 e. The standard InChI is InChI=1S/C15H11ClN2O3.C4H6N2.C2H3F3/c16-12-6-7-13(19)11(8-12)9-18-15(20)21-14(17-18)10-4-2-1-3-5-10;1-6-3-2-5-4-6;1-2(3,4)5/h1-8,19H,9H2;2-4H,1H3;1H3. The second-order valence-electron chi connectivity index (χ2n) is 6.48. The van der Waals surface area contributed by atoms with Crippen LogP contribution in [0.4, 0.5) is 13.2 Å². The number of rotatable bonds is 3. The quantitative estimate of drug-likeness (QED) is 0.462. The first kappa shape index (κ1) is 24.7. The molecule has 0 unspecified atom stereocenters. The minimum Gasteiger partial charge on any atom is -0.508 e. The fourth-order valence-electron chi connectivity index (χ4n) is 2.27. The number of aromatic hydroxyl groups is 1. The number of hydrogen-bond donors (Lipinski definition) is 1. The van der Waals surface area contributed by atoms with E-state index in [4.69, 9.17) is 16.0 Å². The summed E-state index contributed by atoms with van der Waals surface area (Å²) in [6.45, 7) is 0.272. The van der Waals surface area contributed by atoms with Crippen molar-refractivity contribution >= 4 is 11.6 Å². The Balaban J connectivity index is 0.000000272. The molecule has 2 aromatic carbocycles. The van der Waals surface area contributed by atoms with Crippen LogP contribution in [0.1, 0.15) is 12.5 Å². The molecule has 11 heteroatoms. The predicted octanol–water partition coefficient (Wildman–Crippen LogP) is 4.90. The molecule has 0 fully saturated rings. The molecule has 0 amide bonds. The number of nitrogens with zero attached hydrogens (tertiary/aromatic N) is 4. The lowest BCUT2D eigenvalue weighted by molar-refractivity contribution is -0.110. The van der Waals surface area contributed by atoms with Crippen LogP contribution in [0, 0.1) is 0 Å². The van der Waals surface area contributed by atoms with Gasteiger partial charge in [0.25, 0.3) is 0 Å². The first-order valence-electron chi connectivity index (χ1n) is 9.12. The van der Waals surface area contributed by atoms with Crippen molar-refractivity contribution in [2.75, 3.05) is 0 Å². The maximum Gasteiger partial charge on any atom is 0.437 e. The minimum absolute atomic E-state index is 0.0514. The van der Waals surface area contributed by atoms with E-state index in [2.05, 4.69) is 10.1 Å². The number of phenolic OH excluding ortho intramolecular Hbond substituents is 1. The lowest BCUT2D eigenvalue weighted by atomic mass is 10.2. The third kappa shape index (κ3) is 8.68. The van der Waals surface area contributed by atoms with E-state index in [9.17, 15) is 23.1 Å². The molecule has 7 nitrogen and oxygen atoms in total. The van der Waals surface area contributed by atoms with Gasteiger partial charge in [0, 0.05) is 42.5 Å². The van der Waals surface area contributed by atoms with Gasteiger partial charge >= 0.3 is 11.9 Å². The van der Waals surface area contributed by atoms with Gasteiger partial charge in [-0.1, -0.05) is 29.8 Å². The smallest absolute Gasteiger partial charge is 0.437 e. The second kappa shape index (κ2) is 11.2. The average Bonchev–Trinajstić information content (AvgIpc) is 3.34. The molecule has 0 bridgehead atoms. The van der Waals surface area contributed by atoms with E-state index >= 15 is 0 Å². The molecular formula is C21H20ClF3N4O3. The third-order valence-electron chi connectivity index (χ3n) is 3.63. The molecule has 32 heavy (non-hydrogen) atoms. The lowest BCUT2D eigenvalue weighted by Crippen LogP contribution is -2.16. The highest BCUT2D eigenvalue weighted by Crippen LogP contribution is 2.22. The molecule has 0 aliphatic rings. The van der Waals surface area contributed by atoms with Crippen LogP contribution >= 0.6 is 11.6 Å². The molecule has 4 rings (SSSR count). The number of phenols is 1. The Morgan fingerprint density at radius 2 is 1.81 bits per heavy atom. The summed E-state index contributed by atoms with van der Waals surface area (Å²) in [5.74, 6) is -0.300. The van der Waals surface area contributed by atoms with E-state index in [1.54, 1.807) is 36.8 Å². The summed E-state index contributed by atoms with van der Waals surface area (Å²) in [5.41, 5.74) is 1.21. The predicted molar refractivity (Wildman–Crippen MR) is 113 cm³/mol. The maximum atomic E-state index is 11.8. The first-order valence-corrected chi connectivity index (χ1v) is 9.50. The van der Waals surface area contributed by atoms with Crippen LogP contribution in [0.2, 0.25) is 5.02 Å². The van der Waals surface area contributed by atoms with E-state index in [1.807, 2.05) is 36.0 Å². The van der Waals surface area contributed by atoms with Gasteiger partial charge in [0.2, 0.25) is 5.89 Å². The van der Waals surface area contributed by atoms with Gasteiger partial charge in [0.05, 0.1) is 12.9 Å². The summed E-state index contributed by atoms with van der Waals surface area (Å²) in [6, 6.07) is 13.7. The second-order valence-corrected chi connectivity index (χ2v) is 6.92. The van der Waals surface area contributed by atoms with Gasteiger partial charge in [-0.15, -0.1) is 5.10 Å². The third-order valence-corrected chi connectivity index (χ3v) is 3.86. The average molecular weight is 469 g/mol. The number of alkyl halides is 3. The van der Waals surface area contributed by atoms with Gasteiger partial charge in [-0.05, 0) is 30.3 Å². The molecule has 0 aliphatic carbocycles. The number of aromatic nitrogens is 4. The lowest BCUT2D eigenvalue weighted by Gasteiger charge is -2.03. The topological polar surface area (TPSA) is 86.1 Å². The van der Waals surface area contributed by atoms with Crippen molar-refractivity contribution in [3.63, 3.8) is 0 Å². The Morgan fingerprint density at radius 1 is 1.16 bits per heavy atom. The van der Waals surface area contributed by atoms with Gasteiger partial charge in [0.15, 0.2) is 0 Å². The van der Waals surface area contributed by atoms with Crippen LogP contribution in [0.3, 0.4) is 0 Å². The van der Waals surface area contributed by atoms with E-state index in [-0.39, 0.29) is 25.1 Å². The zero-order chi connectivity index (χ0) is 23.7. The van der Waals surface area contributed by atoms with Gasteiger partial charge in [-0.3, -0.25) is 0 Å². The number of aryl methyl sites for hydroxylation is 1. The number of halogens is 4. The molecule has 2 aromatic heterocycles. The van der Waals surface area contributed by atoms with Crippen LogP contribution in [-0.2, 0) is 13.6 Å². The Morgan fingerprint density at radius 3 is 2.34 bits per heavy atom. The zero-order valence-electron chi connectivity index (χ0n) is 17.1. The highest BCUT2D eigenvalue weighted by atomic mass is 35.5. The van der Waals surface area contributed by atoms with Crippen molar-refractivity contribution < 1.29 is 22.7 Å². The Hall–Kier alpha value is -3.53. The zero-order valence-corrected chi connectivity index (χ0v) is 17.9. The van der Waals surface area contributed by atoms with Crippen molar-refractivity contribution in [3.8, 4) is 17.2 Å². The molecule has 0 spiro atoms. The summed E-state index contributed by atoms with van der Waals surface area (Å²) in [4.78, 5) is 15.6. The van der Waals surface area contributed by atoms with E-state index < -0.39 is 11.9 Å². The molecular weight excluding hydrogens is 449 g/mol. The summed E-state index contributed by atoms with van der Waals surface area (Å²) in [7, 11) is 1.94. The number of benzene rings is 2. The van der Waals surface area contributed by atoms with Crippen molar-refractivity contribution in [3.05, 3.63) is 88.4 Å². The highest BCUT2D eigenvalue weighted by Gasteiger charge is 2.15. The van der Waals surface area contributed by atoms with Crippen molar-refractivity contribution in [2.24, 2.45) is 7.05 Å². The molecule has 0 radical (unpaired) electrons. The van der Waals surface area contributed by atoms with Crippen molar-refractivity contribution in [1.82, 2.24) is 19.3 Å². The van der Waals surface area contributed by atoms with Crippen LogP contribution in [-0.4, -0.2) is 30.6 Å². The number of hydrogen-bond acceptors (Lipinski definition) is 5. The minimum atomic E-state index is -4.00. The fraction of sp³-hybridized carbons (Fsp3) is 0.190. The molecule has 170 valence electrons. The van der Waals surface area contributed by atoms with Gasteiger partial charge in [0.1, 0.15) is 5.75 Å². The Kier molecular flexibility index (Phi) is 8.65. The van der Waals surface area contributed by atoms with E-state index in [0.717, 1.165) is 4.68 Å². The molecule has 0 atom stereocenters. The van der Waals surface area contributed by atoms with Crippen LogP contribution < -0.4 is 5.76 Å². The van der Waals surface area contributed by atoms with Crippen LogP contribution in [0.25, 0.3) is 11.5 Å².